The van der Waals surface area contributed by atoms with Crippen LogP contribution in [0.15, 0.2) is 28.2 Å². The molecule has 0 aromatic heterocycles. The van der Waals surface area contributed by atoms with Gasteiger partial charge in [0.2, 0.25) is 0 Å². The van der Waals surface area contributed by atoms with Gasteiger partial charge in [0, 0.05) is 10.0 Å². The third-order valence-electron chi connectivity index (χ3n) is 2.18. The second-order valence-electron chi connectivity index (χ2n) is 3.38. The van der Waals surface area contributed by atoms with Crippen LogP contribution >= 0.6 is 27.5 Å². The molecule has 0 saturated carbocycles. The molecule has 1 aromatic carbocycles. The Morgan fingerprint density at radius 1 is 1.56 bits per heavy atom. The predicted molar refractivity (Wildman–Crippen MR) is 70.8 cm³/mol. The van der Waals surface area contributed by atoms with Gasteiger partial charge in [-0.3, -0.25) is 0 Å². The molecule has 0 amide bonds. The first kappa shape index (κ1) is 13.1. The van der Waals surface area contributed by atoms with Gasteiger partial charge in [-0.15, -0.1) is 0 Å². The van der Waals surface area contributed by atoms with Gasteiger partial charge >= 0.3 is 0 Å². The van der Waals surface area contributed by atoms with Gasteiger partial charge < -0.3 is 5.73 Å². The molecule has 0 aliphatic rings. The maximum Gasteiger partial charge on any atom is 0.0968 e. The Morgan fingerprint density at radius 3 is 2.75 bits per heavy atom. The lowest BCUT2D eigenvalue weighted by molar-refractivity contribution is 0.929. The molecule has 0 fully saturated rings. The summed E-state index contributed by atoms with van der Waals surface area (Å²) in [7, 11) is 0. The van der Waals surface area contributed by atoms with E-state index in [-0.39, 0.29) is 0 Å². The summed E-state index contributed by atoms with van der Waals surface area (Å²) in [6.07, 6.45) is 1.56. The van der Waals surface area contributed by atoms with E-state index in [1.807, 2.05) is 19.1 Å². The second-order valence-corrected chi connectivity index (χ2v) is 4.70. The average molecular weight is 300 g/mol. The quantitative estimate of drug-likeness (QED) is 0.854. The van der Waals surface area contributed by atoms with E-state index in [1.165, 1.54) is 0 Å². The van der Waals surface area contributed by atoms with E-state index >= 15 is 0 Å². The number of rotatable bonds is 3. The fourth-order valence-electron chi connectivity index (χ4n) is 1.37. The molecule has 0 heterocycles. The number of hydrogen-bond acceptors (Lipinski definition) is 2. The Balaban J connectivity index is 3.22. The molecular weight excluding hydrogens is 288 g/mol. The number of halogens is 2. The molecule has 2 nitrogen and oxygen atoms in total. The molecular formula is C12H12BrClN2. The molecule has 1 rings (SSSR count). The molecule has 84 valence electrons. The van der Waals surface area contributed by atoms with Crippen molar-refractivity contribution in [3.63, 3.8) is 0 Å². The Labute approximate surface area is 109 Å². The third kappa shape index (κ3) is 3.01. The van der Waals surface area contributed by atoms with Crippen molar-refractivity contribution in [2.75, 3.05) is 0 Å². The van der Waals surface area contributed by atoms with Crippen molar-refractivity contribution in [1.82, 2.24) is 0 Å². The van der Waals surface area contributed by atoms with E-state index < -0.39 is 0 Å². The molecule has 4 heteroatoms. The zero-order chi connectivity index (χ0) is 12.1. The van der Waals surface area contributed by atoms with Crippen LogP contribution in [-0.4, -0.2) is 0 Å². The highest BCUT2D eigenvalue weighted by atomic mass is 79.9. The molecule has 0 radical (unpaired) electrons. The standard InChI is InChI=1S/C12H12BrClN2/c1-2-3-8(7-15)12(16)10-5-4-9(13)6-11(10)14/h4-6H,2-3,16H2,1H3/b12-8-. The molecule has 2 N–H and O–H groups in total. The SMILES string of the molecule is CCC/C(C#N)=C(/N)c1ccc(Br)cc1Cl. The number of nitrogens with two attached hydrogens (primary N) is 1. The summed E-state index contributed by atoms with van der Waals surface area (Å²) < 4.78 is 0.892. The van der Waals surface area contributed by atoms with E-state index in [1.54, 1.807) is 6.07 Å². The number of allylic oxidation sites excluding steroid dienone is 1. The van der Waals surface area contributed by atoms with E-state index in [0.29, 0.717) is 22.7 Å². The zero-order valence-corrected chi connectivity index (χ0v) is 11.3. The number of benzene rings is 1. The zero-order valence-electron chi connectivity index (χ0n) is 8.93. The molecule has 1 aromatic rings. The first-order valence-corrected chi connectivity index (χ1v) is 6.11. The third-order valence-corrected chi connectivity index (χ3v) is 2.99. The van der Waals surface area contributed by atoms with Crippen LogP contribution in [0.4, 0.5) is 0 Å². The highest BCUT2D eigenvalue weighted by Crippen LogP contribution is 2.27. The van der Waals surface area contributed by atoms with Crippen LogP contribution in [0.5, 0.6) is 0 Å². The van der Waals surface area contributed by atoms with Crippen LogP contribution in [0.25, 0.3) is 5.70 Å². The van der Waals surface area contributed by atoms with Crippen LogP contribution in [0.1, 0.15) is 25.3 Å². The molecule has 0 saturated heterocycles. The molecule has 0 unspecified atom stereocenters. The van der Waals surface area contributed by atoms with Gasteiger partial charge in [-0.25, -0.2) is 0 Å². The smallest absolute Gasteiger partial charge is 0.0968 e. The van der Waals surface area contributed by atoms with Gasteiger partial charge in [0.1, 0.15) is 0 Å². The minimum atomic E-state index is 0.474. The van der Waals surface area contributed by atoms with Crippen LogP contribution in [0, 0.1) is 11.3 Å². The monoisotopic (exact) mass is 298 g/mol. The van der Waals surface area contributed by atoms with Crippen molar-refractivity contribution in [2.24, 2.45) is 5.73 Å². The molecule has 0 aliphatic heterocycles. The summed E-state index contributed by atoms with van der Waals surface area (Å²) >= 11 is 9.40. The molecule has 0 atom stereocenters. The Bertz CT molecular complexity index is 461. The van der Waals surface area contributed by atoms with Crippen LogP contribution in [0.3, 0.4) is 0 Å². The molecule has 0 aliphatic carbocycles. The highest BCUT2D eigenvalue weighted by molar-refractivity contribution is 9.10. The average Bonchev–Trinajstić information content (AvgIpc) is 2.25. The van der Waals surface area contributed by atoms with E-state index in [2.05, 4.69) is 22.0 Å². The van der Waals surface area contributed by atoms with Crippen molar-refractivity contribution in [3.8, 4) is 6.07 Å². The van der Waals surface area contributed by atoms with Crippen LogP contribution in [-0.2, 0) is 0 Å². The van der Waals surface area contributed by atoms with Gasteiger partial charge in [0.25, 0.3) is 0 Å². The van der Waals surface area contributed by atoms with Gasteiger partial charge in [-0.1, -0.05) is 46.9 Å². The minimum absolute atomic E-state index is 0.474. The summed E-state index contributed by atoms with van der Waals surface area (Å²) in [5.74, 6) is 0. The van der Waals surface area contributed by atoms with Crippen molar-refractivity contribution in [3.05, 3.63) is 38.8 Å². The van der Waals surface area contributed by atoms with Gasteiger partial charge in [0.05, 0.1) is 22.4 Å². The fourth-order valence-corrected chi connectivity index (χ4v) is 2.15. The Morgan fingerprint density at radius 2 is 2.25 bits per heavy atom. The summed E-state index contributed by atoms with van der Waals surface area (Å²) in [5.41, 5.74) is 7.73. The topological polar surface area (TPSA) is 49.8 Å². The Hall–Kier alpha value is -0.980. The lowest BCUT2D eigenvalue weighted by Gasteiger charge is -2.07. The van der Waals surface area contributed by atoms with Gasteiger partial charge in [0.15, 0.2) is 0 Å². The fraction of sp³-hybridized carbons (Fsp3) is 0.250. The first-order valence-electron chi connectivity index (χ1n) is 4.94. The predicted octanol–water partition coefficient (Wildman–Crippen LogP) is 4.10. The van der Waals surface area contributed by atoms with Crippen LogP contribution in [0.2, 0.25) is 5.02 Å². The molecule has 0 spiro atoms. The molecule has 0 bridgehead atoms. The van der Waals surface area contributed by atoms with Crippen molar-refractivity contribution in [2.45, 2.75) is 19.8 Å². The molecule has 16 heavy (non-hydrogen) atoms. The number of hydrogen-bond donors (Lipinski definition) is 1. The van der Waals surface area contributed by atoms with Crippen molar-refractivity contribution < 1.29 is 0 Å². The second kappa shape index (κ2) is 5.93. The van der Waals surface area contributed by atoms with Crippen molar-refractivity contribution in [1.29, 1.82) is 5.26 Å². The van der Waals surface area contributed by atoms with Crippen LogP contribution < -0.4 is 5.73 Å². The summed E-state index contributed by atoms with van der Waals surface area (Å²) in [4.78, 5) is 0. The lowest BCUT2D eigenvalue weighted by atomic mass is 10.0. The van der Waals surface area contributed by atoms with Gasteiger partial charge in [-0.05, 0) is 18.6 Å². The summed E-state index contributed by atoms with van der Waals surface area (Å²) in [6.45, 7) is 2.01. The number of nitriles is 1. The van der Waals surface area contributed by atoms with E-state index in [9.17, 15) is 0 Å². The minimum Gasteiger partial charge on any atom is -0.397 e. The Kier molecular flexibility index (Phi) is 4.85. The van der Waals surface area contributed by atoms with Gasteiger partial charge in [-0.2, -0.15) is 5.26 Å². The van der Waals surface area contributed by atoms with E-state index in [0.717, 1.165) is 16.5 Å². The van der Waals surface area contributed by atoms with E-state index in [4.69, 9.17) is 22.6 Å². The largest absolute Gasteiger partial charge is 0.397 e. The number of nitrogens with zero attached hydrogens (tertiary/aromatic N) is 1. The first-order chi connectivity index (χ1) is 7.60. The maximum absolute atomic E-state index is 8.99. The maximum atomic E-state index is 8.99. The highest BCUT2D eigenvalue weighted by Gasteiger charge is 2.08. The summed E-state index contributed by atoms with van der Waals surface area (Å²) in [6, 6.07) is 7.57. The summed E-state index contributed by atoms with van der Waals surface area (Å²) in [5, 5.41) is 9.55. The lowest BCUT2D eigenvalue weighted by Crippen LogP contribution is -2.01. The van der Waals surface area contributed by atoms with Crippen molar-refractivity contribution >= 4 is 33.2 Å². The normalized spacial score (nSPS) is 11.9.